The number of nitrogens with zero attached hydrogens (tertiary/aromatic N) is 3. The Balaban J connectivity index is 0.00000306. The number of aryl methyl sites for hydroxylation is 1. The molecule has 2 aromatic heterocycles. The molecule has 0 aliphatic carbocycles. The minimum absolute atomic E-state index is 0. The molecule has 1 saturated heterocycles. The highest BCUT2D eigenvalue weighted by Gasteiger charge is 2.33. The lowest BCUT2D eigenvalue weighted by atomic mass is 9.97. The standard InChI is InChI=1S/C22H25F3N5OP.ClH/c1-13-16(5-4-6-18(13)22(23,24)25)14(2)28-21-17-11-20(32(31)9-7-26-8-10-32)27-12-19(17)29-15(3)30-21;/h4-6,11-12,14,26H,7-10H2,1-3H3,(H,28,29,30);1H/t14-;/m1./s1. The highest BCUT2D eigenvalue weighted by Crippen LogP contribution is 2.44. The van der Waals surface area contributed by atoms with Gasteiger partial charge in [-0.15, -0.1) is 12.4 Å². The van der Waals surface area contributed by atoms with Crippen LogP contribution in [0.15, 0.2) is 30.5 Å². The van der Waals surface area contributed by atoms with Crippen LogP contribution in [-0.4, -0.2) is 40.4 Å². The molecule has 0 radical (unpaired) electrons. The number of alkyl halides is 3. The molecule has 3 aromatic rings. The third-order valence-corrected chi connectivity index (χ3v) is 8.87. The number of rotatable bonds is 4. The lowest BCUT2D eigenvalue weighted by molar-refractivity contribution is -0.138. The van der Waals surface area contributed by atoms with Crippen LogP contribution in [0.3, 0.4) is 0 Å². The highest BCUT2D eigenvalue weighted by atomic mass is 35.5. The van der Waals surface area contributed by atoms with Gasteiger partial charge in [-0.05, 0) is 44.0 Å². The molecule has 11 heteroatoms. The predicted molar refractivity (Wildman–Crippen MR) is 127 cm³/mol. The van der Waals surface area contributed by atoms with Crippen molar-refractivity contribution in [3.8, 4) is 0 Å². The third-order valence-electron chi connectivity index (χ3n) is 5.90. The van der Waals surface area contributed by atoms with Crippen LogP contribution in [0, 0.1) is 13.8 Å². The van der Waals surface area contributed by atoms with Crippen LogP contribution in [-0.2, 0) is 10.7 Å². The van der Waals surface area contributed by atoms with E-state index in [2.05, 4.69) is 25.6 Å². The Hall–Kier alpha value is -2.22. The normalized spacial score (nSPS) is 16.8. The average Bonchev–Trinajstić information content (AvgIpc) is 2.73. The second-order valence-corrected chi connectivity index (χ2v) is 11.3. The topological polar surface area (TPSA) is 79.8 Å². The molecule has 0 saturated carbocycles. The number of benzene rings is 1. The average molecular weight is 500 g/mol. The van der Waals surface area contributed by atoms with Gasteiger partial charge >= 0.3 is 6.18 Å². The van der Waals surface area contributed by atoms with Gasteiger partial charge in [-0.1, -0.05) is 12.1 Å². The van der Waals surface area contributed by atoms with Crippen molar-refractivity contribution < 1.29 is 17.7 Å². The fourth-order valence-electron chi connectivity index (χ4n) is 4.17. The number of halogens is 4. The molecule has 0 bridgehead atoms. The lowest BCUT2D eigenvalue weighted by Gasteiger charge is -2.24. The van der Waals surface area contributed by atoms with Crippen molar-refractivity contribution in [3.05, 3.63) is 53.0 Å². The fraction of sp³-hybridized carbons (Fsp3) is 0.409. The Bertz CT molecular complexity index is 1210. The third kappa shape index (κ3) is 5.15. The second kappa shape index (κ2) is 9.57. The van der Waals surface area contributed by atoms with Crippen molar-refractivity contribution in [2.45, 2.75) is 33.0 Å². The largest absolute Gasteiger partial charge is 0.416 e. The summed E-state index contributed by atoms with van der Waals surface area (Å²) in [6.45, 7) is 6.37. The van der Waals surface area contributed by atoms with Crippen LogP contribution in [0.1, 0.15) is 35.5 Å². The Morgan fingerprint density at radius 1 is 1.15 bits per heavy atom. The summed E-state index contributed by atoms with van der Waals surface area (Å²) < 4.78 is 53.5. The molecule has 6 nitrogen and oxygen atoms in total. The van der Waals surface area contributed by atoms with Crippen LogP contribution < -0.4 is 16.1 Å². The van der Waals surface area contributed by atoms with E-state index >= 15 is 0 Å². The van der Waals surface area contributed by atoms with Crippen LogP contribution in [0.4, 0.5) is 19.0 Å². The molecule has 178 valence electrons. The van der Waals surface area contributed by atoms with E-state index in [9.17, 15) is 17.7 Å². The van der Waals surface area contributed by atoms with Gasteiger partial charge < -0.3 is 15.2 Å². The summed E-state index contributed by atoms with van der Waals surface area (Å²) in [5, 5.41) is 7.13. The number of aromatic nitrogens is 3. The molecule has 0 spiro atoms. The van der Waals surface area contributed by atoms with Gasteiger partial charge in [0.05, 0.1) is 23.3 Å². The molecule has 0 unspecified atom stereocenters. The predicted octanol–water partition coefficient (Wildman–Crippen LogP) is 4.85. The van der Waals surface area contributed by atoms with E-state index in [1.54, 1.807) is 32.2 Å². The Morgan fingerprint density at radius 2 is 1.85 bits per heavy atom. The molecule has 0 amide bonds. The molecule has 2 N–H and O–H groups in total. The summed E-state index contributed by atoms with van der Waals surface area (Å²) in [6, 6.07) is 5.51. The monoisotopic (exact) mass is 499 g/mol. The van der Waals surface area contributed by atoms with Crippen molar-refractivity contribution in [1.29, 1.82) is 0 Å². The van der Waals surface area contributed by atoms with Crippen LogP contribution in [0.2, 0.25) is 0 Å². The van der Waals surface area contributed by atoms with Gasteiger partial charge in [0, 0.05) is 30.8 Å². The molecule has 4 rings (SSSR count). The fourth-order valence-corrected chi connectivity index (χ4v) is 6.52. The molecular formula is C22H26ClF3N5OP. The number of nitrogens with one attached hydrogen (secondary N) is 2. The van der Waals surface area contributed by atoms with Gasteiger partial charge in [-0.25, -0.2) is 9.97 Å². The smallest absolute Gasteiger partial charge is 0.363 e. The van der Waals surface area contributed by atoms with Crippen molar-refractivity contribution in [2.24, 2.45) is 0 Å². The Labute approximate surface area is 196 Å². The maximum Gasteiger partial charge on any atom is 0.416 e. The van der Waals surface area contributed by atoms with Crippen LogP contribution in [0.5, 0.6) is 0 Å². The number of pyridine rings is 1. The van der Waals surface area contributed by atoms with Crippen molar-refractivity contribution >= 4 is 41.7 Å². The van der Waals surface area contributed by atoms with Crippen molar-refractivity contribution in [1.82, 2.24) is 20.3 Å². The second-order valence-electron chi connectivity index (χ2n) is 8.15. The molecule has 1 aliphatic heterocycles. The zero-order chi connectivity index (χ0) is 23.1. The van der Waals surface area contributed by atoms with E-state index in [1.165, 1.54) is 13.0 Å². The number of anilines is 1. The summed E-state index contributed by atoms with van der Waals surface area (Å²) >= 11 is 0. The number of hydrogen-bond donors (Lipinski definition) is 2. The number of hydrogen-bond acceptors (Lipinski definition) is 6. The van der Waals surface area contributed by atoms with Crippen molar-refractivity contribution in [3.63, 3.8) is 0 Å². The van der Waals surface area contributed by atoms with Gasteiger partial charge in [-0.2, -0.15) is 13.2 Å². The molecule has 33 heavy (non-hydrogen) atoms. The van der Waals surface area contributed by atoms with Crippen LogP contribution >= 0.6 is 19.5 Å². The molecule has 1 aromatic carbocycles. The van der Waals surface area contributed by atoms with E-state index in [-0.39, 0.29) is 18.0 Å². The van der Waals surface area contributed by atoms with E-state index in [1.807, 2.05) is 0 Å². The zero-order valence-electron chi connectivity index (χ0n) is 18.5. The van der Waals surface area contributed by atoms with Crippen molar-refractivity contribution in [2.75, 3.05) is 30.7 Å². The van der Waals surface area contributed by atoms with Gasteiger partial charge in [0.1, 0.15) is 24.2 Å². The molecule has 3 heterocycles. The summed E-state index contributed by atoms with van der Waals surface area (Å²) in [5.74, 6) is 0.998. The minimum atomic E-state index is -4.42. The van der Waals surface area contributed by atoms with E-state index in [0.29, 0.717) is 59.0 Å². The van der Waals surface area contributed by atoms with Gasteiger partial charge in [-0.3, -0.25) is 4.98 Å². The zero-order valence-corrected chi connectivity index (χ0v) is 20.2. The van der Waals surface area contributed by atoms with E-state index in [0.717, 1.165) is 6.07 Å². The summed E-state index contributed by atoms with van der Waals surface area (Å²) in [6.07, 6.45) is -1.73. The van der Waals surface area contributed by atoms with Gasteiger partial charge in [0.25, 0.3) is 0 Å². The number of fused-ring (bicyclic) bond motifs is 1. The maximum atomic E-state index is 13.4. The molecule has 1 aliphatic rings. The molecule has 1 atom stereocenters. The highest BCUT2D eigenvalue weighted by molar-refractivity contribution is 7.71. The summed E-state index contributed by atoms with van der Waals surface area (Å²) in [7, 11) is -2.61. The first-order chi connectivity index (χ1) is 15.1. The quantitative estimate of drug-likeness (QED) is 0.500. The molecule has 1 fully saturated rings. The SMILES string of the molecule is Cc1nc(N[C@H](C)c2cccc(C(F)(F)F)c2C)c2cc(P3(=O)CCNCC3)ncc2n1.Cl. The lowest BCUT2D eigenvalue weighted by Crippen LogP contribution is -2.33. The Kier molecular flexibility index (Phi) is 7.36. The summed E-state index contributed by atoms with van der Waals surface area (Å²) in [5.41, 5.74) is 1.20. The first kappa shape index (κ1) is 25.4. The van der Waals surface area contributed by atoms with Gasteiger partial charge in [0.15, 0.2) is 0 Å². The van der Waals surface area contributed by atoms with Crippen LogP contribution in [0.25, 0.3) is 10.9 Å². The maximum absolute atomic E-state index is 13.4. The minimum Gasteiger partial charge on any atom is -0.363 e. The van der Waals surface area contributed by atoms with Gasteiger partial charge in [0.2, 0.25) is 0 Å². The first-order valence-electron chi connectivity index (χ1n) is 10.5. The molecular weight excluding hydrogens is 474 g/mol. The first-order valence-corrected chi connectivity index (χ1v) is 12.5. The van der Waals surface area contributed by atoms with E-state index in [4.69, 9.17) is 0 Å². The Morgan fingerprint density at radius 3 is 2.52 bits per heavy atom. The van der Waals surface area contributed by atoms with E-state index < -0.39 is 24.9 Å². The summed E-state index contributed by atoms with van der Waals surface area (Å²) in [4.78, 5) is 13.4.